The van der Waals surface area contributed by atoms with Crippen molar-refractivity contribution in [3.05, 3.63) is 36.8 Å². The molecule has 2 N–H and O–H groups in total. The van der Waals surface area contributed by atoms with Gasteiger partial charge >= 0.3 is 0 Å². The lowest BCUT2D eigenvalue weighted by atomic mass is 10.1. The molecule has 0 aromatic heterocycles. The summed E-state index contributed by atoms with van der Waals surface area (Å²) in [4.78, 5) is 0. The Morgan fingerprint density at radius 2 is 2.10 bits per heavy atom. The van der Waals surface area contributed by atoms with Crippen LogP contribution in [0.4, 0.5) is 0 Å². The lowest BCUT2D eigenvalue weighted by Crippen LogP contribution is -1.89. The maximum absolute atomic E-state index is 8.93. The molecule has 0 amide bonds. The average molecular weight is 137 g/mol. The molecule has 0 aliphatic heterocycles. The molecule has 1 aromatic carbocycles. The number of aromatic hydroxyl groups is 1. The van der Waals surface area contributed by atoms with E-state index in [2.05, 4.69) is 6.92 Å². The lowest BCUT2D eigenvalue weighted by molar-refractivity contribution is 0.225. The van der Waals surface area contributed by atoms with E-state index in [1.54, 1.807) is 18.2 Å². The lowest BCUT2D eigenvalue weighted by Gasteiger charge is -2.02. The van der Waals surface area contributed by atoms with E-state index in [9.17, 15) is 0 Å². The maximum atomic E-state index is 8.93. The first-order chi connectivity index (χ1) is 4.70. The molecule has 0 bridgehead atoms. The van der Waals surface area contributed by atoms with E-state index >= 15 is 0 Å². The van der Waals surface area contributed by atoms with Crippen LogP contribution in [0.15, 0.2) is 24.3 Å². The summed E-state index contributed by atoms with van der Waals surface area (Å²) in [6, 6.07) is 6.40. The van der Waals surface area contributed by atoms with Crippen molar-refractivity contribution < 1.29 is 10.2 Å². The van der Waals surface area contributed by atoms with Gasteiger partial charge in [0.15, 0.2) is 0 Å². The van der Waals surface area contributed by atoms with Crippen LogP contribution in [-0.2, 0) is 0 Å². The molecule has 1 unspecified atom stereocenters. The second-order valence-electron chi connectivity index (χ2n) is 2.11. The summed E-state index contributed by atoms with van der Waals surface area (Å²) >= 11 is 0. The predicted molar refractivity (Wildman–Crippen MR) is 38.4 cm³/mol. The number of hydrogen-bond donors (Lipinski definition) is 2. The SMILES string of the molecule is [CH2]C(O)c1cccc(O)c1. The van der Waals surface area contributed by atoms with Crippen molar-refractivity contribution in [2.24, 2.45) is 0 Å². The summed E-state index contributed by atoms with van der Waals surface area (Å²) in [5, 5.41) is 17.8. The fraction of sp³-hybridized carbons (Fsp3) is 0.125. The van der Waals surface area contributed by atoms with Crippen LogP contribution in [-0.4, -0.2) is 10.2 Å². The van der Waals surface area contributed by atoms with Crippen LogP contribution >= 0.6 is 0 Å². The molecule has 0 saturated heterocycles. The monoisotopic (exact) mass is 137 g/mol. The summed E-state index contributed by atoms with van der Waals surface area (Å²) in [6.45, 7) is 3.39. The largest absolute Gasteiger partial charge is 0.508 e. The molecular formula is C8H9O2. The number of phenolic OH excluding ortho intramolecular Hbond substituents is 1. The van der Waals surface area contributed by atoms with Crippen LogP contribution in [0.1, 0.15) is 11.7 Å². The summed E-state index contributed by atoms with van der Waals surface area (Å²) in [7, 11) is 0. The van der Waals surface area contributed by atoms with E-state index in [0.29, 0.717) is 5.56 Å². The zero-order valence-corrected chi connectivity index (χ0v) is 5.49. The van der Waals surface area contributed by atoms with Crippen molar-refractivity contribution in [3.63, 3.8) is 0 Å². The molecule has 0 heterocycles. The highest BCUT2D eigenvalue weighted by molar-refractivity contribution is 5.28. The highest BCUT2D eigenvalue weighted by Gasteiger charge is 1.99. The van der Waals surface area contributed by atoms with Crippen LogP contribution < -0.4 is 0 Å². The molecule has 2 heteroatoms. The van der Waals surface area contributed by atoms with Crippen LogP contribution in [0.5, 0.6) is 5.75 Å². The Kier molecular flexibility index (Phi) is 1.92. The second-order valence-corrected chi connectivity index (χ2v) is 2.11. The molecule has 1 rings (SSSR count). The van der Waals surface area contributed by atoms with E-state index in [4.69, 9.17) is 10.2 Å². The average Bonchev–Trinajstić information content (AvgIpc) is 1.88. The first kappa shape index (κ1) is 7.09. The zero-order valence-electron chi connectivity index (χ0n) is 5.49. The minimum Gasteiger partial charge on any atom is -0.508 e. The van der Waals surface area contributed by atoms with Crippen molar-refractivity contribution >= 4 is 0 Å². The van der Waals surface area contributed by atoms with Gasteiger partial charge in [0, 0.05) is 0 Å². The minimum atomic E-state index is -0.757. The normalized spacial score (nSPS) is 13.0. The Balaban J connectivity index is 2.96. The van der Waals surface area contributed by atoms with Gasteiger partial charge in [0.25, 0.3) is 0 Å². The summed E-state index contributed by atoms with van der Waals surface area (Å²) in [5.41, 5.74) is 0.625. The van der Waals surface area contributed by atoms with Gasteiger partial charge < -0.3 is 10.2 Å². The summed E-state index contributed by atoms with van der Waals surface area (Å²) in [5.74, 6) is 0.153. The van der Waals surface area contributed by atoms with Gasteiger partial charge in [0.2, 0.25) is 0 Å². The smallest absolute Gasteiger partial charge is 0.115 e. The third-order valence-corrected chi connectivity index (χ3v) is 1.25. The first-order valence-corrected chi connectivity index (χ1v) is 3.00. The number of aliphatic hydroxyl groups excluding tert-OH is 1. The number of benzene rings is 1. The summed E-state index contributed by atoms with van der Waals surface area (Å²) in [6.07, 6.45) is -0.757. The Labute approximate surface area is 59.7 Å². The third kappa shape index (κ3) is 1.48. The fourth-order valence-corrected chi connectivity index (χ4v) is 0.732. The molecule has 0 spiro atoms. The van der Waals surface area contributed by atoms with Crippen molar-refractivity contribution in [3.8, 4) is 5.75 Å². The molecule has 1 radical (unpaired) electrons. The van der Waals surface area contributed by atoms with Gasteiger partial charge in [0.05, 0.1) is 6.10 Å². The fourth-order valence-electron chi connectivity index (χ4n) is 0.732. The molecule has 0 aliphatic carbocycles. The summed E-state index contributed by atoms with van der Waals surface area (Å²) < 4.78 is 0. The van der Waals surface area contributed by atoms with Gasteiger partial charge in [-0.3, -0.25) is 0 Å². The Morgan fingerprint density at radius 3 is 2.50 bits per heavy atom. The number of aliphatic hydroxyl groups is 1. The van der Waals surface area contributed by atoms with Crippen LogP contribution in [0.25, 0.3) is 0 Å². The molecule has 53 valence electrons. The van der Waals surface area contributed by atoms with Gasteiger partial charge in [-0.05, 0) is 24.6 Å². The highest BCUT2D eigenvalue weighted by atomic mass is 16.3. The van der Waals surface area contributed by atoms with E-state index in [1.165, 1.54) is 6.07 Å². The highest BCUT2D eigenvalue weighted by Crippen LogP contribution is 2.16. The van der Waals surface area contributed by atoms with Crippen LogP contribution in [0.3, 0.4) is 0 Å². The zero-order chi connectivity index (χ0) is 7.56. The number of rotatable bonds is 1. The van der Waals surface area contributed by atoms with E-state index in [-0.39, 0.29) is 5.75 Å². The molecule has 1 aromatic rings. The third-order valence-electron chi connectivity index (χ3n) is 1.25. The molecular weight excluding hydrogens is 128 g/mol. The number of phenols is 1. The second kappa shape index (κ2) is 2.71. The quantitative estimate of drug-likeness (QED) is 0.611. The van der Waals surface area contributed by atoms with Gasteiger partial charge in [0.1, 0.15) is 5.75 Å². The van der Waals surface area contributed by atoms with Crippen molar-refractivity contribution in [2.75, 3.05) is 0 Å². The topological polar surface area (TPSA) is 40.5 Å². The van der Waals surface area contributed by atoms with Gasteiger partial charge in [-0.1, -0.05) is 12.1 Å². The van der Waals surface area contributed by atoms with Crippen molar-refractivity contribution in [1.29, 1.82) is 0 Å². The van der Waals surface area contributed by atoms with Gasteiger partial charge in [-0.25, -0.2) is 0 Å². The molecule has 1 atom stereocenters. The maximum Gasteiger partial charge on any atom is 0.115 e. The van der Waals surface area contributed by atoms with Gasteiger partial charge in [-0.15, -0.1) is 0 Å². The van der Waals surface area contributed by atoms with Crippen LogP contribution in [0.2, 0.25) is 0 Å². The number of hydrogen-bond acceptors (Lipinski definition) is 2. The Hall–Kier alpha value is -1.02. The van der Waals surface area contributed by atoms with E-state index < -0.39 is 6.10 Å². The van der Waals surface area contributed by atoms with E-state index in [1.807, 2.05) is 0 Å². The van der Waals surface area contributed by atoms with Crippen molar-refractivity contribution in [2.45, 2.75) is 6.10 Å². The molecule has 0 fully saturated rings. The Morgan fingerprint density at radius 1 is 1.40 bits per heavy atom. The first-order valence-electron chi connectivity index (χ1n) is 3.00. The molecule has 2 nitrogen and oxygen atoms in total. The van der Waals surface area contributed by atoms with Crippen molar-refractivity contribution in [1.82, 2.24) is 0 Å². The predicted octanol–water partition coefficient (Wildman–Crippen LogP) is 1.26. The molecule has 10 heavy (non-hydrogen) atoms. The Bertz CT molecular complexity index is 218. The van der Waals surface area contributed by atoms with Crippen LogP contribution in [0, 0.1) is 6.92 Å². The standard InChI is InChI=1S/C8H9O2/c1-6(9)7-3-2-4-8(10)5-7/h2-6,9-10H,1H2. The molecule has 0 saturated carbocycles. The van der Waals surface area contributed by atoms with Gasteiger partial charge in [-0.2, -0.15) is 0 Å². The molecule has 0 aliphatic rings. The van der Waals surface area contributed by atoms with E-state index in [0.717, 1.165) is 0 Å². The minimum absolute atomic E-state index is 0.153.